The van der Waals surface area contributed by atoms with Crippen LogP contribution in [0.5, 0.6) is 0 Å². The van der Waals surface area contributed by atoms with Gasteiger partial charge in [0.15, 0.2) is 0 Å². The minimum absolute atomic E-state index is 0.409. The van der Waals surface area contributed by atoms with Crippen LogP contribution < -0.4 is 5.32 Å². The summed E-state index contributed by atoms with van der Waals surface area (Å²) in [5.41, 5.74) is -9.28. The van der Waals surface area contributed by atoms with E-state index >= 15 is 0 Å². The molecule has 1 saturated heterocycles. The lowest BCUT2D eigenvalue weighted by molar-refractivity contribution is -0.289. The lowest BCUT2D eigenvalue weighted by Crippen LogP contribution is -2.62. The fourth-order valence-electron chi connectivity index (χ4n) is 1.15. The number of carbonyl (C=O) groups is 1. The largest absolute Gasteiger partial charge is 0.349 e. The molecule has 4 heteroatoms. The number of piperidine rings is 1. The van der Waals surface area contributed by atoms with Crippen LogP contribution in [0.4, 0.5) is 0 Å². The molecule has 0 aromatic carbocycles. The maximum absolute atomic E-state index is 13.6. The molecule has 1 fully saturated rings. The van der Waals surface area contributed by atoms with Crippen LogP contribution >= 0.6 is 0 Å². The highest BCUT2D eigenvalue weighted by Crippen LogP contribution is 2.36. The summed E-state index contributed by atoms with van der Waals surface area (Å²) in [4.78, 5) is 12.3. The van der Waals surface area contributed by atoms with Crippen molar-refractivity contribution in [3.63, 3.8) is 0 Å². The Bertz CT molecular complexity index is 725. The first-order chi connectivity index (χ1) is 14.1. The minimum atomic E-state index is -4.44. The van der Waals surface area contributed by atoms with Crippen molar-refractivity contribution in [3.05, 3.63) is 12.2 Å². The van der Waals surface area contributed by atoms with Gasteiger partial charge in [0.1, 0.15) is 0 Å². The molecule has 1 aliphatic heterocycles. The van der Waals surface area contributed by atoms with Gasteiger partial charge in [-0.15, -0.1) is 10.3 Å². The van der Waals surface area contributed by atoms with E-state index in [1.54, 1.807) is 5.32 Å². The molecule has 4 nitrogen and oxygen atoms in total. The Morgan fingerprint density at radius 1 is 1.41 bits per heavy atom. The smallest absolute Gasteiger partial charge is 0.246 e. The van der Waals surface area contributed by atoms with Gasteiger partial charge in [-0.25, -0.2) is 0 Å². The predicted molar refractivity (Wildman–Crippen MR) is 66.7 cm³/mol. The van der Waals surface area contributed by atoms with E-state index in [0.717, 1.165) is 6.92 Å². The summed E-state index contributed by atoms with van der Waals surface area (Å²) in [7, 11) is 0. The third kappa shape index (κ3) is 3.07. The first kappa shape index (κ1) is 3.58. The predicted octanol–water partition coefficient (Wildman–Crippen LogP) is 2.05. The summed E-state index contributed by atoms with van der Waals surface area (Å²) < 4.78 is 127. The van der Waals surface area contributed by atoms with Crippen molar-refractivity contribution in [2.75, 3.05) is 0 Å². The molecule has 1 rings (SSSR count). The number of carbonyl (C=O) groups excluding carboxylic acids is 1. The summed E-state index contributed by atoms with van der Waals surface area (Å²) in [6, 6.07) is -3.04. The molecule has 0 aromatic rings. The van der Waals surface area contributed by atoms with E-state index in [4.69, 9.17) is 21.9 Å². The van der Waals surface area contributed by atoms with E-state index in [9.17, 15) is 10.0 Å². The van der Waals surface area contributed by atoms with Gasteiger partial charge in [0.05, 0.1) is 0 Å². The van der Waals surface area contributed by atoms with Crippen LogP contribution in [0.2, 0.25) is 0 Å². The fourth-order valence-corrected chi connectivity index (χ4v) is 1.15. The molecule has 0 aliphatic carbocycles. The van der Waals surface area contributed by atoms with Crippen molar-refractivity contribution in [2.24, 2.45) is 0 Å². The van der Waals surface area contributed by atoms with Crippen molar-refractivity contribution < 1.29 is 31.9 Å². The number of amides is 1. The van der Waals surface area contributed by atoms with E-state index in [-0.39, 0.29) is 0 Å². The second-order valence-electron chi connectivity index (χ2n) is 3.69. The molecule has 1 heterocycles. The van der Waals surface area contributed by atoms with Gasteiger partial charge in [-0.3, -0.25) is 4.79 Å². The Balaban J connectivity index is 4.49. The van der Waals surface area contributed by atoms with E-state index in [2.05, 4.69) is 6.58 Å². The van der Waals surface area contributed by atoms with Crippen molar-refractivity contribution in [1.82, 2.24) is 10.4 Å². The molecule has 1 radical (unpaired) electrons. The quantitative estimate of drug-likeness (QED) is 0.768. The van der Waals surface area contributed by atoms with Gasteiger partial charge >= 0.3 is 0 Å². The summed E-state index contributed by atoms with van der Waals surface area (Å²) >= 11 is 0. The second-order valence-corrected chi connectivity index (χ2v) is 3.69. The van der Waals surface area contributed by atoms with Crippen molar-refractivity contribution in [3.8, 4) is 0 Å². The zero-order chi connectivity index (χ0) is 27.0. The minimum Gasteiger partial charge on any atom is -0.349 e. The summed E-state index contributed by atoms with van der Waals surface area (Å²) in [5.74, 6) is -1.36. The van der Waals surface area contributed by atoms with Crippen molar-refractivity contribution in [1.29, 1.82) is 0 Å². The lowest BCUT2D eigenvalue weighted by Gasteiger charge is -2.50. The number of nitrogens with zero attached hydrogens (tertiary/aromatic N) is 1. The zero-order valence-corrected chi connectivity index (χ0v) is 9.05. The lowest BCUT2D eigenvalue weighted by atomic mass is 9.79. The van der Waals surface area contributed by atoms with Gasteiger partial charge in [-0.1, -0.05) is 6.58 Å². The molecule has 0 spiro atoms. The van der Waals surface area contributed by atoms with Gasteiger partial charge in [0, 0.05) is 44.6 Å². The summed E-state index contributed by atoms with van der Waals surface area (Å²) in [6.07, 6.45) is -8.14. The van der Waals surface area contributed by atoms with Gasteiger partial charge in [-0.2, -0.15) is 0 Å². The van der Waals surface area contributed by atoms with Gasteiger partial charge in [0.25, 0.3) is 0 Å². The summed E-state index contributed by atoms with van der Waals surface area (Å²) in [5, 5.41) is 13.8. The third-order valence-electron chi connectivity index (χ3n) is 1.98. The molecule has 1 amide bonds. The second kappa shape index (κ2) is 4.42. The monoisotopic (exact) mass is 255 g/mol. The topological polar surface area (TPSA) is 52.2 Å². The van der Waals surface area contributed by atoms with Crippen LogP contribution in [0.1, 0.15) is 69.0 Å². The van der Waals surface area contributed by atoms with Gasteiger partial charge in [-0.05, 0) is 47.1 Å². The van der Waals surface area contributed by atoms with Crippen molar-refractivity contribution >= 4 is 5.91 Å². The van der Waals surface area contributed by atoms with Crippen LogP contribution in [0, 0.1) is 0 Å². The molecule has 0 atom stereocenters. The molecule has 0 aromatic heterocycles. The van der Waals surface area contributed by atoms with Crippen LogP contribution in [-0.2, 0) is 10.0 Å². The van der Waals surface area contributed by atoms with E-state index < -0.39 is 73.8 Å². The Labute approximate surface area is 126 Å². The molecule has 17 heavy (non-hydrogen) atoms. The number of hydrogen-bond donors (Lipinski definition) is 1. The maximum atomic E-state index is 13.6. The average molecular weight is 255 g/mol. The first-order valence-electron chi connectivity index (χ1n) is 12.6. The standard InChI is InChI=1S/C13H23N2O2/c1-9(2)11(16)14-10-7-12(3,4)15(17)13(5,6)8-10/h10H,1,7-8H2,2-6H3,(H,14,16)/i3D3,4D3,5D3,6D3,7D2,8D2. The molecule has 0 bridgehead atoms. The van der Waals surface area contributed by atoms with Crippen molar-refractivity contribution in [2.45, 2.75) is 64.2 Å². The molecule has 1 N–H and O–H groups in total. The highest BCUT2D eigenvalue weighted by Gasteiger charge is 2.46. The summed E-state index contributed by atoms with van der Waals surface area (Å²) in [6.45, 7) is -12.7. The Morgan fingerprint density at radius 3 is 2.24 bits per heavy atom. The van der Waals surface area contributed by atoms with Gasteiger partial charge in [0.2, 0.25) is 5.91 Å². The molecule has 0 unspecified atom stereocenters. The van der Waals surface area contributed by atoms with Crippen LogP contribution in [0.15, 0.2) is 12.2 Å². The van der Waals surface area contributed by atoms with Crippen LogP contribution in [-0.4, -0.2) is 28.1 Å². The van der Waals surface area contributed by atoms with Crippen LogP contribution in [0.25, 0.3) is 0 Å². The molecule has 0 saturated carbocycles. The number of nitrogens with one attached hydrogen (secondary N) is 1. The highest BCUT2D eigenvalue weighted by atomic mass is 16.5. The number of hydroxylamine groups is 2. The Hall–Kier alpha value is -0.870. The average Bonchev–Trinajstić information content (AvgIpc) is 2.44. The SMILES string of the molecule is [2H]C([2H])([2H])C1(C([2H])([2H])[2H])N([O])C(C([2H])([2H])[2H])(C([2H])([2H])[2H])C([2H])([2H])C(NC(=O)C(=C)C)C1([2H])[2H]. The first-order valence-corrected chi connectivity index (χ1v) is 4.55. The molecular weight excluding hydrogens is 216 g/mol. The van der Waals surface area contributed by atoms with Crippen LogP contribution in [0.3, 0.4) is 0 Å². The fraction of sp³-hybridized carbons (Fsp3) is 0.769. The molecular formula is C13H23N2O2. The van der Waals surface area contributed by atoms with E-state index in [1.807, 2.05) is 0 Å². The normalized spacial score (nSPS) is 47.2. The molecule has 1 aliphatic rings. The maximum Gasteiger partial charge on any atom is 0.246 e. The number of rotatable bonds is 2. The molecule has 97 valence electrons. The van der Waals surface area contributed by atoms with E-state index in [1.165, 1.54) is 0 Å². The van der Waals surface area contributed by atoms with E-state index in [0.29, 0.717) is 0 Å². The third-order valence-corrected chi connectivity index (χ3v) is 1.98. The Morgan fingerprint density at radius 2 is 1.88 bits per heavy atom. The Kier molecular flexibility index (Phi) is 0.931. The number of hydrogen-bond acceptors (Lipinski definition) is 2. The zero-order valence-electron chi connectivity index (χ0n) is 25.0. The highest BCUT2D eigenvalue weighted by molar-refractivity contribution is 5.92. The van der Waals surface area contributed by atoms with Gasteiger partial charge < -0.3 is 5.32 Å².